The molecule has 0 aromatic heterocycles. The van der Waals surface area contributed by atoms with Crippen LogP contribution in [0.2, 0.25) is 0 Å². The van der Waals surface area contributed by atoms with E-state index in [1.807, 2.05) is 0 Å². The van der Waals surface area contributed by atoms with Crippen LogP contribution in [-0.2, 0) is 36.2 Å². The first-order valence-corrected chi connectivity index (χ1v) is 5.12. The van der Waals surface area contributed by atoms with Gasteiger partial charge in [-0.1, -0.05) is 6.08 Å². The molecule has 0 spiro atoms. The second-order valence-corrected chi connectivity index (χ2v) is 2.63. The summed E-state index contributed by atoms with van der Waals surface area (Å²) in [7, 11) is 0. The quantitative estimate of drug-likeness (QED) is 0.363. The molecule has 0 amide bonds. The van der Waals surface area contributed by atoms with E-state index in [2.05, 4.69) is 0 Å². The molecule has 0 aromatic rings. The van der Waals surface area contributed by atoms with Crippen molar-refractivity contribution < 1.29 is 56.7 Å². The van der Waals surface area contributed by atoms with Crippen LogP contribution in [0, 0.1) is 0 Å². The SMILES string of the molecule is CC(=O)[O-].CC(=O)[O-].CC(=O)[O-].CC(=O)[O-].NC=CCN.[Fe+3].[NH4+]. The Bertz CT molecular complexity index is 248. The third-order valence-corrected chi connectivity index (χ3v) is 0.272. The normalized spacial score (nSPS) is 6.48. The molecule has 0 saturated heterocycles. The molecular weight excluding hydrogens is 358 g/mol. The number of carboxylic acids is 4. The molecule has 0 aliphatic heterocycles. The molecular formula is C11H24FeN3O8. The van der Waals surface area contributed by atoms with Crippen molar-refractivity contribution in [2.75, 3.05) is 6.54 Å². The van der Waals surface area contributed by atoms with Gasteiger partial charge in [-0.25, -0.2) is 0 Å². The maximum absolute atomic E-state index is 8.89. The second-order valence-electron chi connectivity index (χ2n) is 2.63. The standard InChI is InChI=1S/C3H8N2.4C2H4O2.Fe.H3N/c4-2-1-3-5;4*1-2(3)4;;/h1-2H,3-5H2;4*1H3,(H,3,4);;1H3/q;;;;;+3;/p-3. The number of hydrogen-bond donors (Lipinski definition) is 3. The monoisotopic (exact) mass is 382 g/mol. The molecule has 0 rings (SSSR count). The molecule has 0 bridgehead atoms. The van der Waals surface area contributed by atoms with Crippen molar-refractivity contribution in [1.29, 1.82) is 0 Å². The molecule has 8 N–H and O–H groups in total. The Hall–Kier alpha value is -2.14. The van der Waals surface area contributed by atoms with Gasteiger partial charge >= 0.3 is 17.1 Å². The summed E-state index contributed by atoms with van der Waals surface area (Å²) < 4.78 is 0. The fraction of sp³-hybridized carbons (Fsp3) is 0.455. The van der Waals surface area contributed by atoms with Crippen LogP contribution >= 0.6 is 0 Å². The van der Waals surface area contributed by atoms with Gasteiger partial charge in [-0.2, -0.15) is 0 Å². The number of carbonyl (C=O) groups excluding carboxylic acids is 4. The van der Waals surface area contributed by atoms with Crippen LogP contribution in [-0.4, -0.2) is 30.4 Å². The molecule has 139 valence electrons. The second kappa shape index (κ2) is 42.7. The van der Waals surface area contributed by atoms with E-state index in [-0.39, 0.29) is 23.2 Å². The summed E-state index contributed by atoms with van der Waals surface area (Å²) in [6.07, 6.45) is 3.11. The first-order valence-electron chi connectivity index (χ1n) is 5.12. The van der Waals surface area contributed by atoms with Crippen molar-refractivity contribution in [3.63, 3.8) is 0 Å². The third-order valence-electron chi connectivity index (χ3n) is 0.272. The number of aliphatic carboxylic acids is 4. The van der Waals surface area contributed by atoms with Gasteiger partial charge in [0.1, 0.15) is 0 Å². The topological polar surface area (TPSA) is 249 Å². The summed E-state index contributed by atoms with van der Waals surface area (Å²) >= 11 is 0. The van der Waals surface area contributed by atoms with Gasteiger partial charge in [-0.3, -0.25) is 0 Å². The van der Waals surface area contributed by atoms with Crippen LogP contribution < -0.4 is 38.0 Å². The number of rotatable bonds is 1. The summed E-state index contributed by atoms with van der Waals surface area (Å²) in [6.45, 7) is 4.43. The van der Waals surface area contributed by atoms with E-state index in [4.69, 9.17) is 51.1 Å². The molecule has 0 heterocycles. The average molecular weight is 382 g/mol. The third kappa shape index (κ3) is 321000. The molecule has 0 aliphatic carbocycles. The van der Waals surface area contributed by atoms with Crippen molar-refractivity contribution in [1.82, 2.24) is 6.15 Å². The Morgan fingerprint density at radius 2 is 0.913 bits per heavy atom. The van der Waals surface area contributed by atoms with Crippen LogP contribution in [0.25, 0.3) is 0 Å². The van der Waals surface area contributed by atoms with Gasteiger partial charge in [0.2, 0.25) is 0 Å². The Kier molecular flexibility index (Phi) is 79.5. The molecule has 0 unspecified atom stereocenters. The summed E-state index contributed by atoms with van der Waals surface area (Å²) in [5, 5.41) is 35.6. The maximum Gasteiger partial charge on any atom is 3.00 e. The van der Waals surface area contributed by atoms with E-state index in [0.29, 0.717) is 6.54 Å². The smallest absolute Gasteiger partial charge is 0.550 e. The van der Waals surface area contributed by atoms with Crippen LogP contribution in [0.5, 0.6) is 0 Å². The predicted octanol–water partition coefficient (Wildman–Crippen LogP) is -5.18. The van der Waals surface area contributed by atoms with Gasteiger partial charge in [-0.05, 0) is 33.9 Å². The van der Waals surface area contributed by atoms with Crippen LogP contribution in [0.15, 0.2) is 12.3 Å². The molecule has 12 heteroatoms. The summed E-state index contributed by atoms with van der Waals surface area (Å²) in [4.78, 5) is 35.6. The van der Waals surface area contributed by atoms with E-state index < -0.39 is 23.9 Å². The maximum atomic E-state index is 8.89. The molecule has 0 aliphatic rings. The van der Waals surface area contributed by atoms with Gasteiger partial charge in [0, 0.05) is 30.4 Å². The molecule has 23 heavy (non-hydrogen) atoms. The number of carboxylic acid groups (broad SMARTS) is 4. The van der Waals surface area contributed by atoms with Crippen molar-refractivity contribution in [2.24, 2.45) is 11.5 Å². The molecule has 11 nitrogen and oxygen atoms in total. The van der Waals surface area contributed by atoms with E-state index in [1.165, 1.54) is 6.20 Å². The van der Waals surface area contributed by atoms with Crippen molar-refractivity contribution >= 4 is 23.9 Å². The van der Waals surface area contributed by atoms with Gasteiger partial charge < -0.3 is 57.2 Å². The Balaban J connectivity index is -0.0000000273. The Labute approximate surface area is 145 Å². The summed E-state index contributed by atoms with van der Waals surface area (Å²) in [6, 6.07) is 0. The van der Waals surface area contributed by atoms with Crippen molar-refractivity contribution in [2.45, 2.75) is 27.7 Å². The van der Waals surface area contributed by atoms with E-state index in [1.54, 1.807) is 6.08 Å². The average Bonchev–Trinajstić information content (AvgIpc) is 2.14. The van der Waals surface area contributed by atoms with Crippen molar-refractivity contribution in [3.8, 4) is 0 Å². The zero-order valence-electron chi connectivity index (χ0n) is 13.6. The minimum Gasteiger partial charge on any atom is -0.550 e. The van der Waals surface area contributed by atoms with E-state index in [9.17, 15) is 0 Å². The predicted molar refractivity (Wildman–Crippen MR) is 71.1 cm³/mol. The van der Waals surface area contributed by atoms with Gasteiger partial charge in [0.25, 0.3) is 0 Å². The molecule has 0 fully saturated rings. The van der Waals surface area contributed by atoms with Crippen LogP contribution in [0.1, 0.15) is 27.7 Å². The molecule has 0 saturated carbocycles. The number of nitrogens with two attached hydrogens (primary N) is 2. The Morgan fingerprint density at radius 3 is 0.913 bits per heavy atom. The fourth-order valence-electron chi connectivity index (χ4n) is 0.0786. The molecule has 0 atom stereocenters. The van der Waals surface area contributed by atoms with Gasteiger partial charge in [-0.15, -0.1) is 0 Å². The van der Waals surface area contributed by atoms with Crippen molar-refractivity contribution in [3.05, 3.63) is 12.3 Å². The number of quaternary nitrogens is 1. The van der Waals surface area contributed by atoms with Crippen LogP contribution in [0.4, 0.5) is 0 Å². The molecule has 1 radical (unpaired) electrons. The summed E-state index contributed by atoms with van der Waals surface area (Å²) in [5.74, 6) is -4.33. The van der Waals surface area contributed by atoms with Gasteiger partial charge in [0.05, 0.1) is 0 Å². The van der Waals surface area contributed by atoms with Crippen LogP contribution in [0.3, 0.4) is 0 Å². The largest absolute Gasteiger partial charge is 3.00 e. The van der Waals surface area contributed by atoms with E-state index >= 15 is 0 Å². The first-order chi connectivity index (χ1) is 9.34. The number of hydrogen-bond acceptors (Lipinski definition) is 10. The zero-order chi connectivity index (χ0) is 18.4. The zero-order valence-corrected chi connectivity index (χ0v) is 14.7. The molecule has 0 aromatic carbocycles. The van der Waals surface area contributed by atoms with Gasteiger partial charge in [0.15, 0.2) is 0 Å². The minimum absolute atomic E-state index is 0. The van der Waals surface area contributed by atoms with E-state index in [0.717, 1.165) is 27.7 Å². The number of carbonyl (C=O) groups is 4. The first kappa shape index (κ1) is 42.8. The Morgan fingerprint density at radius 1 is 0.783 bits per heavy atom. The fourth-order valence-corrected chi connectivity index (χ4v) is 0.0786. The minimum atomic E-state index is -1.08. The summed E-state index contributed by atoms with van der Waals surface area (Å²) in [5.41, 5.74) is 9.85.